The molecule has 1 aliphatic rings. The van der Waals surface area contributed by atoms with Crippen LogP contribution in [0.1, 0.15) is 0 Å². The number of benzene rings is 1. The van der Waals surface area contributed by atoms with Crippen LogP contribution in [0.5, 0.6) is 11.6 Å². The number of urea groups is 1. The maximum Gasteiger partial charge on any atom is 0.363 e. The minimum atomic E-state index is -0.528. The van der Waals surface area contributed by atoms with Crippen molar-refractivity contribution in [2.24, 2.45) is 0 Å². The van der Waals surface area contributed by atoms with Crippen LogP contribution in [-0.2, 0) is 0 Å². The molecule has 2 amide bonds. The number of para-hydroxylation sites is 1. The first kappa shape index (κ1) is 20.1. The van der Waals surface area contributed by atoms with Gasteiger partial charge in [0.05, 0.1) is 5.69 Å². The molecule has 3 aromatic rings. The molecule has 10 heteroatoms. The fourth-order valence-corrected chi connectivity index (χ4v) is 3.20. The molecule has 3 heterocycles. The van der Waals surface area contributed by atoms with Gasteiger partial charge >= 0.3 is 11.8 Å². The van der Waals surface area contributed by atoms with Gasteiger partial charge in [0, 0.05) is 38.4 Å². The second kappa shape index (κ2) is 9.08. The average molecular weight is 420 g/mol. The van der Waals surface area contributed by atoms with Gasteiger partial charge in [0.25, 0.3) is 0 Å². The largest absolute Gasteiger partial charge is 0.437 e. The zero-order valence-electron chi connectivity index (χ0n) is 16.5. The zero-order chi connectivity index (χ0) is 21.6. The number of rotatable bonds is 5. The minimum Gasteiger partial charge on any atom is -0.437 e. The fourth-order valence-electron chi connectivity index (χ4n) is 3.20. The van der Waals surface area contributed by atoms with Gasteiger partial charge in [-0.25, -0.2) is 9.78 Å². The van der Waals surface area contributed by atoms with Gasteiger partial charge in [-0.3, -0.25) is 0 Å². The molecule has 10 nitrogen and oxygen atoms in total. The zero-order valence-corrected chi connectivity index (χ0v) is 16.5. The summed E-state index contributed by atoms with van der Waals surface area (Å²) in [5.41, 5.74) is 1.27. The van der Waals surface area contributed by atoms with E-state index in [1.807, 2.05) is 35.2 Å². The molecular formula is C21H20N6O4. The summed E-state index contributed by atoms with van der Waals surface area (Å²) in [5.74, 6) is 0.756. The Labute approximate surface area is 178 Å². The predicted molar refractivity (Wildman–Crippen MR) is 114 cm³/mol. The van der Waals surface area contributed by atoms with Crippen LogP contribution in [0.4, 0.5) is 22.0 Å². The van der Waals surface area contributed by atoms with Crippen LogP contribution < -0.4 is 15.0 Å². The second-order valence-electron chi connectivity index (χ2n) is 6.81. The topological polar surface area (TPSA) is 114 Å². The molecule has 2 aromatic heterocycles. The maximum absolute atomic E-state index is 12.8. The molecule has 158 valence electrons. The summed E-state index contributed by atoms with van der Waals surface area (Å²) < 4.78 is 5.79. The summed E-state index contributed by atoms with van der Waals surface area (Å²) in [6, 6.07) is 15.5. The molecule has 1 fully saturated rings. The minimum absolute atomic E-state index is 0.188. The molecule has 0 atom stereocenters. The summed E-state index contributed by atoms with van der Waals surface area (Å²) in [6.07, 6.45) is 3.08. The highest BCUT2D eigenvalue weighted by molar-refractivity contribution is 5.90. The number of nitro groups is 1. The number of hydrogen-bond acceptors (Lipinski definition) is 7. The summed E-state index contributed by atoms with van der Waals surface area (Å²) >= 11 is 0. The average Bonchev–Trinajstić information content (AvgIpc) is 2.81. The van der Waals surface area contributed by atoms with Gasteiger partial charge in [0.2, 0.25) is 5.88 Å². The smallest absolute Gasteiger partial charge is 0.363 e. The summed E-state index contributed by atoms with van der Waals surface area (Å²) in [7, 11) is 0. The maximum atomic E-state index is 12.8. The molecule has 4 rings (SSSR count). The monoisotopic (exact) mass is 420 g/mol. The number of nitrogens with zero attached hydrogens (tertiary/aromatic N) is 5. The molecule has 1 saturated heterocycles. The number of hydrogen-bond donors (Lipinski definition) is 1. The first-order valence-electron chi connectivity index (χ1n) is 9.69. The Kier molecular flexibility index (Phi) is 5.88. The van der Waals surface area contributed by atoms with Crippen LogP contribution >= 0.6 is 0 Å². The summed E-state index contributed by atoms with van der Waals surface area (Å²) in [5, 5.41) is 13.6. The quantitative estimate of drug-likeness (QED) is 0.496. The Morgan fingerprint density at radius 2 is 1.77 bits per heavy atom. The van der Waals surface area contributed by atoms with Crippen molar-refractivity contribution in [3.05, 3.63) is 77.1 Å². The van der Waals surface area contributed by atoms with E-state index in [-0.39, 0.29) is 11.8 Å². The van der Waals surface area contributed by atoms with Crippen molar-refractivity contribution in [3.8, 4) is 11.6 Å². The van der Waals surface area contributed by atoms with Gasteiger partial charge in [0.1, 0.15) is 11.4 Å². The number of amides is 2. The van der Waals surface area contributed by atoms with E-state index in [0.29, 0.717) is 43.5 Å². The van der Waals surface area contributed by atoms with E-state index in [0.717, 1.165) is 5.69 Å². The normalized spacial score (nSPS) is 13.5. The number of pyridine rings is 2. The molecule has 31 heavy (non-hydrogen) atoms. The Morgan fingerprint density at radius 1 is 1.00 bits per heavy atom. The van der Waals surface area contributed by atoms with Crippen LogP contribution in [0.2, 0.25) is 0 Å². The molecule has 0 unspecified atom stereocenters. The van der Waals surface area contributed by atoms with Gasteiger partial charge in [-0.2, -0.15) is 0 Å². The highest BCUT2D eigenvalue weighted by Gasteiger charge is 2.23. The van der Waals surface area contributed by atoms with E-state index < -0.39 is 4.92 Å². The standard InChI is InChI=1S/C21H20N6O4/c28-21(24-18-7-4-10-22-20(18)31-17-5-2-1-3-6-17)26-13-11-25(12-14-26)16-8-9-19(23-15-16)27(29)30/h1-10,15H,11-14H2,(H,24,28). The fraction of sp³-hybridized carbons (Fsp3) is 0.190. The van der Waals surface area contributed by atoms with Crippen LogP contribution in [0.15, 0.2) is 67.0 Å². The van der Waals surface area contributed by atoms with Crippen LogP contribution in [0.3, 0.4) is 0 Å². The van der Waals surface area contributed by atoms with Gasteiger partial charge in [-0.05, 0) is 40.2 Å². The lowest BCUT2D eigenvalue weighted by atomic mass is 10.3. The molecule has 0 saturated carbocycles. The van der Waals surface area contributed by atoms with Crippen molar-refractivity contribution >= 4 is 23.2 Å². The van der Waals surface area contributed by atoms with E-state index in [1.54, 1.807) is 29.3 Å². The third-order valence-electron chi connectivity index (χ3n) is 4.82. The van der Waals surface area contributed by atoms with E-state index in [4.69, 9.17) is 4.74 Å². The van der Waals surface area contributed by atoms with Crippen LogP contribution in [0, 0.1) is 10.1 Å². The highest BCUT2D eigenvalue weighted by atomic mass is 16.6. The van der Waals surface area contributed by atoms with Gasteiger partial charge in [-0.1, -0.05) is 18.2 Å². The number of aromatic nitrogens is 2. The van der Waals surface area contributed by atoms with Crippen molar-refractivity contribution in [3.63, 3.8) is 0 Å². The third-order valence-corrected chi connectivity index (χ3v) is 4.82. The summed E-state index contributed by atoms with van der Waals surface area (Å²) in [4.78, 5) is 34.8. The van der Waals surface area contributed by atoms with E-state index in [9.17, 15) is 14.9 Å². The molecule has 1 aliphatic heterocycles. The SMILES string of the molecule is O=C(Nc1cccnc1Oc1ccccc1)N1CCN(c2ccc([N+](=O)[O-])nc2)CC1. The molecule has 1 N–H and O–H groups in total. The number of piperazine rings is 1. The Balaban J connectivity index is 1.36. The lowest BCUT2D eigenvalue weighted by molar-refractivity contribution is -0.389. The molecule has 0 spiro atoms. The Bertz CT molecular complexity index is 1050. The number of anilines is 2. The van der Waals surface area contributed by atoms with Gasteiger partial charge < -0.3 is 30.0 Å². The van der Waals surface area contributed by atoms with E-state index in [1.165, 1.54) is 12.3 Å². The number of carbonyl (C=O) groups is 1. The molecular weight excluding hydrogens is 400 g/mol. The predicted octanol–water partition coefficient (Wildman–Crippen LogP) is 3.53. The lowest BCUT2D eigenvalue weighted by Gasteiger charge is -2.35. The molecule has 0 bridgehead atoms. The van der Waals surface area contributed by atoms with Crippen LogP contribution in [-0.4, -0.2) is 52.0 Å². The Hall–Kier alpha value is -4.21. The van der Waals surface area contributed by atoms with Gasteiger partial charge in [0.15, 0.2) is 6.20 Å². The lowest BCUT2D eigenvalue weighted by Crippen LogP contribution is -2.50. The highest BCUT2D eigenvalue weighted by Crippen LogP contribution is 2.27. The van der Waals surface area contributed by atoms with Crippen molar-refractivity contribution in [2.45, 2.75) is 0 Å². The van der Waals surface area contributed by atoms with Gasteiger partial charge in [-0.15, -0.1) is 0 Å². The second-order valence-corrected chi connectivity index (χ2v) is 6.81. The van der Waals surface area contributed by atoms with Crippen molar-refractivity contribution in [1.82, 2.24) is 14.9 Å². The van der Waals surface area contributed by atoms with Crippen molar-refractivity contribution < 1.29 is 14.5 Å². The summed E-state index contributed by atoms with van der Waals surface area (Å²) in [6.45, 7) is 2.18. The molecule has 1 aromatic carbocycles. The van der Waals surface area contributed by atoms with E-state index >= 15 is 0 Å². The molecule has 0 radical (unpaired) electrons. The number of ether oxygens (including phenoxy) is 1. The van der Waals surface area contributed by atoms with E-state index in [2.05, 4.69) is 15.3 Å². The molecule has 0 aliphatic carbocycles. The van der Waals surface area contributed by atoms with Crippen molar-refractivity contribution in [2.75, 3.05) is 36.4 Å². The first-order chi connectivity index (χ1) is 15.1. The number of carbonyl (C=O) groups excluding carboxylic acids is 1. The van der Waals surface area contributed by atoms with Crippen molar-refractivity contribution in [1.29, 1.82) is 0 Å². The number of nitrogens with one attached hydrogen (secondary N) is 1. The first-order valence-corrected chi connectivity index (χ1v) is 9.69. The third kappa shape index (κ3) is 4.86. The van der Waals surface area contributed by atoms with Crippen LogP contribution in [0.25, 0.3) is 0 Å². The Morgan fingerprint density at radius 3 is 2.45 bits per heavy atom.